The fourth-order valence-corrected chi connectivity index (χ4v) is 3.13. The van der Waals surface area contributed by atoms with Gasteiger partial charge in [-0.15, -0.1) is 0 Å². The number of carbonyl (C=O) groups excluding carboxylic acids is 3. The summed E-state index contributed by atoms with van der Waals surface area (Å²) in [5.74, 6) is -1.84. The predicted molar refractivity (Wildman–Crippen MR) is 121 cm³/mol. The highest BCUT2D eigenvalue weighted by Gasteiger charge is 2.17. The third-order valence-corrected chi connectivity index (χ3v) is 4.86. The van der Waals surface area contributed by atoms with E-state index in [1.165, 1.54) is 24.3 Å². The minimum atomic E-state index is -0.799. The second kappa shape index (κ2) is 10.3. The number of amides is 2. The van der Waals surface area contributed by atoms with Gasteiger partial charge in [-0.05, 0) is 46.3 Å². The summed E-state index contributed by atoms with van der Waals surface area (Å²) in [5, 5.41) is 15.9. The van der Waals surface area contributed by atoms with Crippen molar-refractivity contribution in [3.8, 4) is 0 Å². The highest BCUT2D eigenvalue weighted by molar-refractivity contribution is 9.10. The monoisotopic (exact) mass is 497 g/mol. The Morgan fingerprint density at radius 1 is 0.906 bits per heavy atom. The number of nitrogens with one attached hydrogen (secondary N) is 2. The van der Waals surface area contributed by atoms with Crippen molar-refractivity contribution in [2.75, 3.05) is 17.2 Å². The zero-order valence-electron chi connectivity index (χ0n) is 16.4. The maximum Gasteiger partial charge on any atom is 0.340 e. The molecule has 0 aliphatic rings. The van der Waals surface area contributed by atoms with Crippen molar-refractivity contribution in [3.63, 3.8) is 0 Å². The maximum atomic E-state index is 12.5. The number of nitrogens with zero attached hydrogens (tertiary/aromatic N) is 1. The average Bonchev–Trinajstić information content (AvgIpc) is 2.79. The number of benzene rings is 3. The Labute approximate surface area is 190 Å². The van der Waals surface area contributed by atoms with Crippen LogP contribution in [0.4, 0.5) is 17.1 Å². The third kappa shape index (κ3) is 5.76. The van der Waals surface area contributed by atoms with Crippen LogP contribution in [-0.2, 0) is 9.53 Å². The van der Waals surface area contributed by atoms with Crippen molar-refractivity contribution in [2.24, 2.45) is 0 Å². The van der Waals surface area contributed by atoms with E-state index in [9.17, 15) is 24.5 Å². The number of non-ortho nitro benzene ring substituents is 1. The van der Waals surface area contributed by atoms with Crippen molar-refractivity contribution < 1.29 is 24.0 Å². The van der Waals surface area contributed by atoms with Gasteiger partial charge in [-0.1, -0.05) is 30.3 Å². The standard InChI is InChI=1S/C22H16BrN3O6/c23-17-12-15(26(30)31)10-11-19(17)24-20(27)13-32-22(29)16-8-4-5-9-18(16)25-21(28)14-6-2-1-3-7-14/h1-12H,13H2,(H,24,27)(H,25,28). The largest absolute Gasteiger partial charge is 0.452 e. The van der Waals surface area contributed by atoms with E-state index in [-0.39, 0.29) is 22.6 Å². The van der Waals surface area contributed by atoms with E-state index in [0.29, 0.717) is 10.0 Å². The van der Waals surface area contributed by atoms with E-state index in [2.05, 4.69) is 26.6 Å². The molecule has 2 amide bonds. The van der Waals surface area contributed by atoms with Crippen LogP contribution in [-0.4, -0.2) is 29.3 Å². The number of nitro benzene ring substituents is 1. The second-order valence-electron chi connectivity index (χ2n) is 6.41. The molecule has 0 bridgehead atoms. The van der Waals surface area contributed by atoms with Crippen LogP contribution in [0.15, 0.2) is 77.3 Å². The molecule has 0 aliphatic heterocycles. The molecule has 0 heterocycles. The van der Waals surface area contributed by atoms with Crippen LogP contribution in [0.3, 0.4) is 0 Å². The lowest BCUT2D eigenvalue weighted by atomic mass is 10.1. The van der Waals surface area contributed by atoms with E-state index < -0.39 is 29.3 Å². The van der Waals surface area contributed by atoms with Crippen molar-refractivity contribution >= 4 is 50.8 Å². The van der Waals surface area contributed by atoms with E-state index in [4.69, 9.17) is 4.74 Å². The van der Waals surface area contributed by atoms with Gasteiger partial charge in [0.2, 0.25) is 0 Å². The summed E-state index contributed by atoms with van der Waals surface area (Å²) in [5.41, 5.74) is 0.886. The third-order valence-electron chi connectivity index (χ3n) is 4.20. The zero-order chi connectivity index (χ0) is 23.1. The fraction of sp³-hybridized carbons (Fsp3) is 0.0455. The Hall–Kier alpha value is -4.05. The Balaban J connectivity index is 1.62. The van der Waals surface area contributed by atoms with Gasteiger partial charge in [-0.3, -0.25) is 19.7 Å². The molecule has 0 saturated heterocycles. The summed E-state index contributed by atoms with van der Waals surface area (Å²) in [4.78, 5) is 47.2. The van der Waals surface area contributed by atoms with Crippen molar-refractivity contribution in [1.29, 1.82) is 0 Å². The molecule has 10 heteroatoms. The molecule has 3 rings (SSSR count). The fourth-order valence-electron chi connectivity index (χ4n) is 2.67. The number of ether oxygens (including phenoxy) is 1. The molecule has 3 aromatic rings. The Morgan fingerprint density at radius 3 is 2.28 bits per heavy atom. The van der Waals surface area contributed by atoms with Gasteiger partial charge in [-0.2, -0.15) is 0 Å². The predicted octanol–water partition coefficient (Wildman–Crippen LogP) is 4.41. The number of hydrogen-bond donors (Lipinski definition) is 2. The van der Waals surface area contributed by atoms with E-state index in [1.807, 2.05) is 0 Å². The van der Waals surface area contributed by atoms with Gasteiger partial charge < -0.3 is 15.4 Å². The molecule has 0 spiro atoms. The van der Waals surface area contributed by atoms with Crippen molar-refractivity contribution in [3.05, 3.63) is 98.5 Å². The summed E-state index contributed by atoms with van der Waals surface area (Å²) in [7, 11) is 0. The molecule has 0 atom stereocenters. The van der Waals surface area contributed by atoms with Gasteiger partial charge >= 0.3 is 5.97 Å². The minimum absolute atomic E-state index is 0.0843. The summed E-state index contributed by atoms with van der Waals surface area (Å²) in [6.07, 6.45) is 0. The van der Waals surface area contributed by atoms with E-state index in [1.54, 1.807) is 48.5 Å². The Bertz CT molecular complexity index is 1180. The summed E-state index contributed by atoms with van der Waals surface area (Å²) < 4.78 is 5.37. The van der Waals surface area contributed by atoms with Crippen LogP contribution >= 0.6 is 15.9 Å². The van der Waals surface area contributed by atoms with Gasteiger partial charge in [0.1, 0.15) is 0 Å². The molecule has 32 heavy (non-hydrogen) atoms. The van der Waals surface area contributed by atoms with Gasteiger partial charge in [-0.25, -0.2) is 4.79 Å². The topological polar surface area (TPSA) is 128 Å². The molecule has 0 radical (unpaired) electrons. The zero-order valence-corrected chi connectivity index (χ0v) is 18.0. The van der Waals surface area contributed by atoms with Crippen molar-refractivity contribution in [2.45, 2.75) is 0 Å². The number of hydrogen-bond acceptors (Lipinski definition) is 6. The lowest BCUT2D eigenvalue weighted by Crippen LogP contribution is -2.22. The van der Waals surface area contributed by atoms with Crippen LogP contribution in [0.1, 0.15) is 20.7 Å². The minimum Gasteiger partial charge on any atom is -0.452 e. The first-order valence-electron chi connectivity index (χ1n) is 9.21. The molecule has 0 fully saturated rings. The molecular formula is C22H16BrN3O6. The molecule has 0 aromatic heterocycles. The number of rotatable bonds is 7. The first-order valence-corrected chi connectivity index (χ1v) is 10.0. The smallest absolute Gasteiger partial charge is 0.340 e. The lowest BCUT2D eigenvalue weighted by Gasteiger charge is -2.11. The summed E-state index contributed by atoms with van der Waals surface area (Å²) in [6, 6.07) is 18.6. The molecule has 9 nitrogen and oxygen atoms in total. The number of esters is 1. The van der Waals surface area contributed by atoms with E-state index in [0.717, 1.165) is 0 Å². The first kappa shape index (κ1) is 22.6. The van der Waals surface area contributed by atoms with Crippen LogP contribution in [0.25, 0.3) is 0 Å². The highest BCUT2D eigenvalue weighted by atomic mass is 79.9. The number of anilines is 2. The summed E-state index contributed by atoms with van der Waals surface area (Å²) in [6.45, 7) is -0.594. The molecule has 0 aliphatic carbocycles. The molecular weight excluding hydrogens is 482 g/mol. The van der Waals surface area contributed by atoms with Crippen molar-refractivity contribution in [1.82, 2.24) is 0 Å². The molecule has 0 unspecified atom stereocenters. The summed E-state index contributed by atoms with van der Waals surface area (Å²) >= 11 is 3.15. The Kier molecular flexibility index (Phi) is 7.29. The van der Waals surface area contributed by atoms with Crippen LogP contribution in [0.2, 0.25) is 0 Å². The molecule has 2 N–H and O–H groups in total. The average molecular weight is 498 g/mol. The normalized spacial score (nSPS) is 10.2. The van der Waals surface area contributed by atoms with Gasteiger partial charge in [0.15, 0.2) is 6.61 Å². The quantitative estimate of drug-likeness (QED) is 0.282. The maximum absolute atomic E-state index is 12.5. The Morgan fingerprint density at radius 2 is 1.59 bits per heavy atom. The number of carbonyl (C=O) groups is 3. The molecule has 3 aromatic carbocycles. The van der Waals surface area contributed by atoms with Gasteiger partial charge in [0, 0.05) is 22.2 Å². The molecule has 0 saturated carbocycles. The number of halogens is 1. The van der Waals surface area contributed by atoms with E-state index >= 15 is 0 Å². The second-order valence-corrected chi connectivity index (χ2v) is 7.27. The van der Waals surface area contributed by atoms with Gasteiger partial charge in [0.05, 0.1) is 21.9 Å². The highest BCUT2D eigenvalue weighted by Crippen LogP contribution is 2.27. The lowest BCUT2D eigenvalue weighted by molar-refractivity contribution is -0.384. The first-order chi connectivity index (χ1) is 15.3. The van der Waals surface area contributed by atoms with Crippen LogP contribution < -0.4 is 10.6 Å². The van der Waals surface area contributed by atoms with Crippen LogP contribution in [0.5, 0.6) is 0 Å². The SMILES string of the molecule is O=C(COC(=O)c1ccccc1NC(=O)c1ccccc1)Nc1ccc([N+](=O)[O-])cc1Br. The van der Waals surface area contributed by atoms with Gasteiger partial charge in [0.25, 0.3) is 17.5 Å². The number of nitro groups is 1. The van der Waals surface area contributed by atoms with Crippen LogP contribution in [0, 0.1) is 10.1 Å². The number of para-hydroxylation sites is 1. The molecule has 162 valence electrons.